The molecule has 0 atom stereocenters. The number of rotatable bonds is 5. The summed E-state index contributed by atoms with van der Waals surface area (Å²) in [5.74, 6) is 0.286. The number of halogens is 1. The summed E-state index contributed by atoms with van der Waals surface area (Å²) in [6.07, 6.45) is 1.72. The Bertz CT molecular complexity index is 1390. The van der Waals surface area contributed by atoms with E-state index < -0.39 is 5.91 Å². The molecule has 0 spiro atoms. The Morgan fingerprint density at radius 1 is 1.12 bits per heavy atom. The molecule has 1 aromatic heterocycles. The topological polar surface area (TPSA) is 83.0 Å². The SMILES string of the molecule is Cc1cc(/C=C2/C(=N)N3N=C(COc4ccccc4)SC3=NC2=O)c(C)n1-c1ccc(Br)cc1. The van der Waals surface area contributed by atoms with Gasteiger partial charge in [0.2, 0.25) is 5.17 Å². The zero-order valence-electron chi connectivity index (χ0n) is 18.4. The Hall–Kier alpha value is -3.43. The molecule has 0 aliphatic carbocycles. The molecule has 2 aliphatic rings. The van der Waals surface area contributed by atoms with Crippen molar-refractivity contribution >= 4 is 55.7 Å². The second-order valence-electron chi connectivity index (χ2n) is 7.75. The molecule has 9 heteroatoms. The largest absolute Gasteiger partial charge is 0.487 e. The summed E-state index contributed by atoms with van der Waals surface area (Å²) < 4.78 is 8.88. The third-order valence-corrected chi connectivity index (χ3v) is 6.87. The van der Waals surface area contributed by atoms with Gasteiger partial charge in [-0.15, -0.1) is 0 Å². The number of fused-ring (bicyclic) bond motifs is 1. The maximum atomic E-state index is 12.8. The fraction of sp³-hybridized carbons (Fsp3) is 0.120. The molecule has 3 heterocycles. The molecule has 0 saturated carbocycles. The van der Waals surface area contributed by atoms with Gasteiger partial charge in [-0.1, -0.05) is 34.1 Å². The second-order valence-corrected chi connectivity index (χ2v) is 9.71. The molecule has 0 fully saturated rings. The smallest absolute Gasteiger partial charge is 0.283 e. The summed E-state index contributed by atoms with van der Waals surface area (Å²) in [5.41, 5.74) is 4.08. The van der Waals surface area contributed by atoms with Crippen molar-refractivity contribution in [1.82, 2.24) is 9.58 Å². The molecule has 7 nitrogen and oxygen atoms in total. The highest BCUT2D eigenvalue weighted by atomic mass is 79.9. The number of aliphatic imine (C=N–C) groups is 1. The Morgan fingerprint density at radius 2 is 1.85 bits per heavy atom. The van der Waals surface area contributed by atoms with Crippen LogP contribution in [0, 0.1) is 19.3 Å². The summed E-state index contributed by atoms with van der Waals surface area (Å²) in [7, 11) is 0. The molecule has 2 aromatic carbocycles. The molecule has 0 saturated heterocycles. The number of thioether (sulfide) groups is 1. The van der Waals surface area contributed by atoms with E-state index in [0.29, 0.717) is 10.2 Å². The average molecular weight is 534 g/mol. The summed E-state index contributed by atoms with van der Waals surface area (Å²) in [6.45, 7) is 4.25. The fourth-order valence-corrected chi connectivity index (χ4v) is 4.89. The van der Waals surface area contributed by atoms with Gasteiger partial charge in [0.25, 0.3) is 5.91 Å². The summed E-state index contributed by atoms with van der Waals surface area (Å²) in [5, 5.41) is 15.5. The quantitative estimate of drug-likeness (QED) is 0.435. The van der Waals surface area contributed by atoms with Gasteiger partial charge in [-0.2, -0.15) is 15.1 Å². The molecule has 34 heavy (non-hydrogen) atoms. The number of carbonyl (C=O) groups is 1. The normalized spacial score (nSPS) is 16.6. The van der Waals surface area contributed by atoms with Crippen molar-refractivity contribution in [3.63, 3.8) is 0 Å². The van der Waals surface area contributed by atoms with Gasteiger partial charge in [0.05, 0.1) is 5.57 Å². The van der Waals surface area contributed by atoms with Crippen LogP contribution in [0.5, 0.6) is 5.75 Å². The van der Waals surface area contributed by atoms with E-state index in [1.54, 1.807) is 6.08 Å². The van der Waals surface area contributed by atoms with Gasteiger partial charge < -0.3 is 9.30 Å². The molecule has 0 radical (unpaired) electrons. The predicted molar refractivity (Wildman–Crippen MR) is 140 cm³/mol. The number of nitrogens with one attached hydrogen (secondary N) is 1. The van der Waals surface area contributed by atoms with Crippen LogP contribution in [-0.2, 0) is 4.79 Å². The van der Waals surface area contributed by atoms with E-state index in [1.807, 2.05) is 74.5 Å². The number of benzene rings is 2. The Morgan fingerprint density at radius 3 is 2.59 bits per heavy atom. The fourth-order valence-electron chi connectivity index (χ4n) is 3.83. The van der Waals surface area contributed by atoms with E-state index in [0.717, 1.165) is 32.9 Å². The van der Waals surface area contributed by atoms with E-state index in [1.165, 1.54) is 16.8 Å². The lowest BCUT2D eigenvalue weighted by Crippen LogP contribution is -2.35. The van der Waals surface area contributed by atoms with E-state index >= 15 is 0 Å². The van der Waals surface area contributed by atoms with Crippen molar-refractivity contribution in [2.45, 2.75) is 13.8 Å². The number of nitrogens with zero attached hydrogens (tertiary/aromatic N) is 4. The Labute approximate surface area is 209 Å². The number of ether oxygens (including phenoxy) is 1. The van der Waals surface area contributed by atoms with Crippen LogP contribution in [-0.4, -0.2) is 38.1 Å². The molecule has 170 valence electrons. The van der Waals surface area contributed by atoms with Gasteiger partial charge in [-0.05, 0) is 79.7 Å². The van der Waals surface area contributed by atoms with Crippen molar-refractivity contribution in [2.75, 3.05) is 6.61 Å². The van der Waals surface area contributed by atoms with Gasteiger partial charge in [-0.3, -0.25) is 10.2 Å². The zero-order valence-corrected chi connectivity index (χ0v) is 20.9. The zero-order chi connectivity index (χ0) is 23.8. The van der Waals surface area contributed by atoms with Crippen LogP contribution in [0.4, 0.5) is 0 Å². The first-order valence-corrected chi connectivity index (χ1v) is 12.1. The summed E-state index contributed by atoms with van der Waals surface area (Å²) in [4.78, 5) is 17.0. The molecule has 0 bridgehead atoms. The number of hydrazone groups is 1. The van der Waals surface area contributed by atoms with Gasteiger partial charge >= 0.3 is 0 Å². The number of hydrogen-bond donors (Lipinski definition) is 1. The predicted octanol–water partition coefficient (Wildman–Crippen LogP) is 5.55. The van der Waals surface area contributed by atoms with Crippen molar-refractivity contribution in [3.05, 3.63) is 87.7 Å². The van der Waals surface area contributed by atoms with Crippen molar-refractivity contribution < 1.29 is 9.53 Å². The molecule has 2 aliphatic heterocycles. The summed E-state index contributed by atoms with van der Waals surface area (Å²) >= 11 is 4.71. The minimum absolute atomic E-state index is 0.00524. The third-order valence-electron chi connectivity index (χ3n) is 5.46. The van der Waals surface area contributed by atoms with Gasteiger partial charge in [0, 0.05) is 21.5 Å². The molecular formula is C25H20BrN5O2S. The number of para-hydroxylation sites is 1. The third kappa shape index (κ3) is 4.24. The highest BCUT2D eigenvalue weighted by molar-refractivity contribution is 9.10. The van der Waals surface area contributed by atoms with Gasteiger partial charge in [0.1, 0.15) is 17.4 Å². The molecule has 0 unspecified atom stereocenters. The van der Waals surface area contributed by atoms with E-state index in [9.17, 15) is 4.79 Å². The molecule has 1 amide bonds. The number of hydrogen-bond acceptors (Lipinski definition) is 5. The first kappa shape index (κ1) is 22.4. The molecule has 5 rings (SSSR count). The van der Waals surface area contributed by atoms with E-state index in [2.05, 4.69) is 30.6 Å². The number of aryl methyl sites for hydroxylation is 1. The first-order valence-electron chi connectivity index (χ1n) is 10.5. The van der Waals surface area contributed by atoms with Crippen molar-refractivity contribution in [2.24, 2.45) is 10.1 Å². The molecule has 1 N–H and O–H groups in total. The minimum Gasteiger partial charge on any atom is -0.487 e. The van der Waals surface area contributed by atoms with Crippen LogP contribution in [0.25, 0.3) is 11.8 Å². The van der Waals surface area contributed by atoms with Crippen LogP contribution < -0.4 is 4.74 Å². The van der Waals surface area contributed by atoms with Crippen molar-refractivity contribution in [1.29, 1.82) is 5.41 Å². The Kier molecular flexibility index (Phi) is 5.97. The van der Waals surface area contributed by atoms with E-state index in [4.69, 9.17) is 10.1 Å². The number of aromatic nitrogens is 1. The van der Waals surface area contributed by atoms with Crippen LogP contribution in [0.3, 0.4) is 0 Å². The van der Waals surface area contributed by atoms with Crippen LogP contribution in [0.15, 0.2) is 80.8 Å². The van der Waals surface area contributed by atoms with Gasteiger partial charge in [0.15, 0.2) is 5.84 Å². The number of amides is 1. The standard InChI is InChI=1S/C25H20BrN5O2S/c1-15-12-17(16(2)30(15)19-10-8-18(26)9-11-19)13-21-23(27)31-25(28-24(21)32)34-22(29-31)14-33-20-6-4-3-5-7-20/h3-13,27H,14H2,1-2H3/b21-13-,27-23?. The molecular weight excluding hydrogens is 514 g/mol. The van der Waals surface area contributed by atoms with Crippen molar-refractivity contribution in [3.8, 4) is 11.4 Å². The second kappa shape index (κ2) is 9.08. The lowest BCUT2D eigenvalue weighted by Gasteiger charge is -2.20. The maximum Gasteiger partial charge on any atom is 0.283 e. The Balaban J connectivity index is 1.41. The minimum atomic E-state index is -0.447. The lowest BCUT2D eigenvalue weighted by atomic mass is 10.1. The van der Waals surface area contributed by atoms with Crippen LogP contribution >= 0.6 is 27.7 Å². The lowest BCUT2D eigenvalue weighted by molar-refractivity contribution is -0.114. The van der Waals surface area contributed by atoms with Gasteiger partial charge in [-0.25, -0.2) is 0 Å². The highest BCUT2D eigenvalue weighted by Crippen LogP contribution is 2.30. The highest BCUT2D eigenvalue weighted by Gasteiger charge is 2.36. The molecule has 3 aromatic rings. The maximum absolute atomic E-state index is 12.8. The summed E-state index contributed by atoms with van der Waals surface area (Å²) in [6, 6.07) is 19.5. The van der Waals surface area contributed by atoms with Crippen LogP contribution in [0.1, 0.15) is 17.0 Å². The number of amidine groups is 2. The van der Waals surface area contributed by atoms with Crippen LogP contribution in [0.2, 0.25) is 0 Å². The van der Waals surface area contributed by atoms with E-state index in [-0.39, 0.29) is 18.0 Å². The first-order chi connectivity index (χ1) is 16.4. The average Bonchev–Trinajstić information content (AvgIpc) is 3.36. The monoisotopic (exact) mass is 533 g/mol. The number of carbonyl (C=O) groups excluding carboxylic acids is 1.